The van der Waals surface area contributed by atoms with Crippen molar-refractivity contribution in [2.75, 3.05) is 14.7 Å². The molecule has 9 aromatic rings. The highest BCUT2D eigenvalue weighted by atomic mass is 16.3. The third-order valence-electron chi connectivity index (χ3n) is 21.7. The topological polar surface area (TPSA) is 22.9 Å². The summed E-state index contributed by atoms with van der Waals surface area (Å²) in [5.74, 6) is 0. The highest BCUT2D eigenvalue weighted by Gasteiger charge is 2.55. The van der Waals surface area contributed by atoms with Gasteiger partial charge in [0.05, 0.1) is 22.7 Å². The Bertz CT molecular complexity index is 4310. The lowest BCUT2D eigenvalue weighted by molar-refractivity contribution is 0.332. The Morgan fingerprint density at radius 1 is 0.518 bits per heavy atom. The fourth-order valence-corrected chi connectivity index (χ4v) is 16.9. The first-order valence-electron chi connectivity index (χ1n) is 32.5. The van der Waals surface area contributed by atoms with Crippen molar-refractivity contribution in [3.8, 4) is 11.1 Å². The Morgan fingerprint density at radius 3 is 1.82 bits per heavy atom. The Morgan fingerprint density at radius 2 is 1.12 bits per heavy atom. The number of furan rings is 1. The summed E-state index contributed by atoms with van der Waals surface area (Å²) in [6.45, 7) is 28.8. The van der Waals surface area contributed by atoms with E-state index in [4.69, 9.17) is 8.53 Å². The quantitative estimate of drug-likeness (QED) is 0.155. The first-order valence-corrected chi connectivity index (χ1v) is 31.0. The van der Waals surface area contributed by atoms with Gasteiger partial charge in [-0.2, -0.15) is 0 Å². The highest BCUT2D eigenvalue weighted by Crippen LogP contribution is 2.63. The molecule has 1 aromatic heterocycles. The van der Waals surface area contributed by atoms with Gasteiger partial charge in [-0.1, -0.05) is 181 Å². The van der Waals surface area contributed by atoms with Gasteiger partial charge < -0.3 is 19.1 Å². The predicted octanol–water partition coefficient (Wildman–Crippen LogP) is 19.7. The molecule has 5 heteroatoms. The number of rotatable bonds is 6. The van der Waals surface area contributed by atoms with Crippen molar-refractivity contribution >= 4 is 85.5 Å². The smallest absolute Gasteiger partial charge is 0.297 e. The van der Waals surface area contributed by atoms with Gasteiger partial charge in [0, 0.05) is 49.2 Å². The van der Waals surface area contributed by atoms with E-state index in [2.05, 4.69) is 232 Å². The zero-order valence-corrected chi connectivity index (χ0v) is 51.3. The lowest BCUT2D eigenvalue weighted by Crippen LogP contribution is -2.61. The number of hydrogen-bond acceptors (Lipinski definition) is 4. The lowest BCUT2D eigenvalue weighted by Gasteiger charge is -2.47. The fraction of sp³-hybridized carbons (Fsp3) is 0.359. The molecule has 0 N–H and O–H groups in total. The summed E-state index contributed by atoms with van der Waals surface area (Å²) < 4.78 is 35.3. The van der Waals surface area contributed by atoms with Crippen LogP contribution in [0.5, 0.6) is 0 Å². The number of benzene rings is 8. The molecule has 2 bridgehead atoms. The Balaban J connectivity index is 1.14. The monoisotopic (exact) mass is 1090 g/mol. The number of aryl methyl sites for hydroxylation is 1. The summed E-state index contributed by atoms with van der Waals surface area (Å²) in [7, 11) is 0. The largest absolute Gasteiger partial charge is 0.468 e. The molecule has 0 amide bonds. The Hall–Kier alpha value is -7.24. The van der Waals surface area contributed by atoms with Crippen molar-refractivity contribution < 1.29 is 8.53 Å². The van der Waals surface area contributed by atoms with E-state index in [9.17, 15) is 0 Å². The molecular formula is C78H82BN3O. The number of nitrogens with zero attached hydrogens (tertiary/aromatic N) is 3. The molecule has 1 fully saturated rings. The molecule has 1 saturated carbocycles. The van der Waals surface area contributed by atoms with Gasteiger partial charge in [0.25, 0.3) is 6.71 Å². The van der Waals surface area contributed by atoms with Crippen molar-refractivity contribution in [2.24, 2.45) is 0 Å². The Kier molecular flexibility index (Phi) is 10.3. The number of fused-ring (bicyclic) bond motifs is 13. The van der Waals surface area contributed by atoms with E-state index in [0.29, 0.717) is 11.3 Å². The van der Waals surface area contributed by atoms with Crippen LogP contribution in [0.2, 0.25) is 0 Å². The van der Waals surface area contributed by atoms with Crippen molar-refractivity contribution in [3.63, 3.8) is 0 Å². The van der Waals surface area contributed by atoms with Crippen LogP contribution in [0.15, 0.2) is 162 Å². The van der Waals surface area contributed by atoms with Gasteiger partial charge in [0.15, 0.2) is 0 Å². The zero-order chi connectivity index (χ0) is 60.2. The standard InChI is InChI=1S/C78H82BN3O/c1-48-23-21-22-28-61(48)80(51-26-19-16-20-27-51)53-43-64-69-65(44-53)82(63-34-32-56-68(67(63)49-24-17-15-18-25-49)76(11,12)38-37-74(56,7)8)62-33-29-50(72(2,3)4)41-60(62)79(69)71-70(54-45-58-59(46-66(54)83-71)78(14)40-39-77(58,13)47-78)81(64)52-30-31-55-57(42-52)75(9,10)36-35-73(55,5)6/h15-34,41-46H,35-40,47H2,1-14H3/i1D3. The Labute approximate surface area is 499 Å². The van der Waals surface area contributed by atoms with E-state index in [-0.39, 0.29) is 44.6 Å². The molecule has 15 rings (SSSR count). The molecule has 2 aliphatic heterocycles. The number of para-hydroxylation sites is 2. The molecule has 4 nitrogen and oxygen atoms in total. The van der Waals surface area contributed by atoms with Crippen molar-refractivity contribution in [3.05, 3.63) is 202 Å². The van der Waals surface area contributed by atoms with Crippen LogP contribution in [0.1, 0.15) is 184 Å². The maximum absolute atomic E-state index is 9.14. The van der Waals surface area contributed by atoms with Gasteiger partial charge in [-0.05, 0) is 217 Å². The van der Waals surface area contributed by atoms with E-state index >= 15 is 0 Å². The molecule has 0 radical (unpaired) electrons. The van der Waals surface area contributed by atoms with Gasteiger partial charge >= 0.3 is 0 Å². The molecule has 0 spiro atoms. The summed E-state index contributed by atoms with van der Waals surface area (Å²) in [5.41, 5.74) is 25.4. The van der Waals surface area contributed by atoms with Gasteiger partial charge in [-0.15, -0.1) is 0 Å². The molecule has 6 aliphatic rings. The van der Waals surface area contributed by atoms with Gasteiger partial charge in [0.2, 0.25) is 0 Å². The van der Waals surface area contributed by atoms with E-state index in [1.807, 2.05) is 24.3 Å². The van der Waals surface area contributed by atoms with E-state index in [1.165, 1.54) is 68.4 Å². The zero-order valence-electron chi connectivity index (χ0n) is 54.3. The average molecular weight is 1090 g/mol. The molecule has 2 atom stereocenters. The molecule has 0 saturated heterocycles. The third-order valence-corrected chi connectivity index (χ3v) is 21.7. The fourth-order valence-electron chi connectivity index (χ4n) is 16.9. The highest BCUT2D eigenvalue weighted by molar-refractivity contribution is 7.00. The van der Waals surface area contributed by atoms with E-state index in [1.54, 1.807) is 6.07 Å². The van der Waals surface area contributed by atoms with Crippen LogP contribution in [-0.4, -0.2) is 6.71 Å². The summed E-state index contributed by atoms with van der Waals surface area (Å²) in [6, 6.07) is 58.5. The molecule has 418 valence electrons. The van der Waals surface area contributed by atoms with Crippen LogP contribution in [0.4, 0.5) is 51.2 Å². The van der Waals surface area contributed by atoms with Crippen LogP contribution in [0.25, 0.3) is 22.1 Å². The second kappa shape index (κ2) is 17.4. The van der Waals surface area contributed by atoms with E-state index in [0.717, 1.165) is 99.7 Å². The van der Waals surface area contributed by atoms with Crippen LogP contribution >= 0.6 is 0 Å². The minimum atomic E-state index is -2.41. The number of hydrogen-bond donors (Lipinski definition) is 0. The molecule has 8 aromatic carbocycles. The van der Waals surface area contributed by atoms with Crippen LogP contribution in [0.3, 0.4) is 0 Å². The van der Waals surface area contributed by atoms with Gasteiger partial charge in [-0.3, -0.25) is 0 Å². The second-order valence-electron chi connectivity index (χ2n) is 30.2. The first-order chi connectivity index (χ1) is 40.6. The molecular weight excluding hydrogens is 1010 g/mol. The molecule has 4 aliphatic carbocycles. The molecule has 2 unspecified atom stereocenters. The van der Waals surface area contributed by atoms with Crippen LogP contribution < -0.4 is 31.3 Å². The lowest BCUT2D eigenvalue weighted by atomic mass is 9.35. The SMILES string of the molecule is [2H]C([2H])([2H])c1ccccc1N(c1ccccc1)c1cc2c3c(c1)N(c1ccc4c(c1)C(C)(C)CCC4(C)C)c1c(oc4cc5c(cc14)C1(C)CCC5(C)C1)B3c1cc(C(C)(C)C)ccc1N2c1ccc2c(c1-c1ccccc1)C(C)(C)CCC2(C)C. The van der Waals surface area contributed by atoms with Crippen LogP contribution in [-0.2, 0) is 37.9 Å². The first kappa shape index (κ1) is 49.2. The minimum absolute atomic E-state index is 0.00477. The van der Waals surface area contributed by atoms with Gasteiger partial charge in [0.1, 0.15) is 5.58 Å². The van der Waals surface area contributed by atoms with Crippen molar-refractivity contribution in [1.82, 2.24) is 0 Å². The third kappa shape index (κ3) is 7.63. The summed E-state index contributed by atoms with van der Waals surface area (Å²) in [5, 5.41) is 1.14. The number of anilines is 9. The average Bonchev–Trinajstić information content (AvgIpc) is 1.33. The maximum atomic E-state index is 9.14. The van der Waals surface area contributed by atoms with Crippen molar-refractivity contribution in [1.29, 1.82) is 0 Å². The van der Waals surface area contributed by atoms with Crippen molar-refractivity contribution in [2.45, 2.75) is 180 Å². The molecule has 83 heavy (non-hydrogen) atoms. The maximum Gasteiger partial charge on any atom is 0.297 e. The molecule has 3 heterocycles. The summed E-state index contributed by atoms with van der Waals surface area (Å²) >= 11 is 0. The summed E-state index contributed by atoms with van der Waals surface area (Å²) in [6.07, 6.45) is 7.87. The van der Waals surface area contributed by atoms with Crippen LogP contribution in [0, 0.1) is 6.85 Å². The van der Waals surface area contributed by atoms with E-state index < -0.39 is 6.85 Å². The minimum Gasteiger partial charge on any atom is -0.468 e. The predicted molar refractivity (Wildman–Crippen MR) is 353 cm³/mol. The second-order valence-corrected chi connectivity index (χ2v) is 30.2. The summed E-state index contributed by atoms with van der Waals surface area (Å²) in [4.78, 5) is 7.41. The van der Waals surface area contributed by atoms with Gasteiger partial charge in [-0.25, -0.2) is 0 Å². The normalized spacial score (nSPS) is 22.4.